The van der Waals surface area contributed by atoms with Crippen molar-refractivity contribution in [2.45, 2.75) is 84.2 Å². The third-order valence-electron chi connectivity index (χ3n) is 5.98. The van der Waals surface area contributed by atoms with E-state index < -0.39 is 30.0 Å². The molecule has 0 aliphatic carbocycles. The Morgan fingerprint density at radius 1 is 1.23 bits per heavy atom. The monoisotopic (exact) mass is 420 g/mol. The van der Waals surface area contributed by atoms with Crippen molar-refractivity contribution in [1.82, 2.24) is 5.32 Å². The Labute approximate surface area is 179 Å². The first-order chi connectivity index (χ1) is 13.8. The summed E-state index contributed by atoms with van der Waals surface area (Å²) in [6.45, 7) is 14.7. The zero-order chi connectivity index (χ0) is 22.3. The summed E-state index contributed by atoms with van der Waals surface area (Å²) in [5, 5.41) is 2.90. The lowest BCUT2D eigenvalue weighted by Gasteiger charge is -2.35. The van der Waals surface area contributed by atoms with Crippen LogP contribution in [-0.2, 0) is 14.0 Å². The van der Waals surface area contributed by atoms with Crippen molar-refractivity contribution in [2.24, 2.45) is 0 Å². The standard InChI is InChI=1S/C22H34BFN2O4/c1-20(2,3)28-19(27)25-16-9-8-12-26(14-16)18-11-10-15(13-17(18)24)23-29-21(4,5)22(6,7)30-23/h10-11,13,16H,8-9,12,14H2,1-7H3,(H,25,27)/t16-/m1/s1. The van der Waals surface area contributed by atoms with E-state index in [2.05, 4.69) is 5.32 Å². The van der Waals surface area contributed by atoms with Crippen LogP contribution >= 0.6 is 0 Å². The van der Waals surface area contributed by atoms with Gasteiger partial charge in [0, 0.05) is 19.1 Å². The van der Waals surface area contributed by atoms with Crippen LogP contribution in [0.4, 0.5) is 14.9 Å². The summed E-state index contributed by atoms with van der Waals surface area (Å²) < 4.78 is 32.4. The van der Waals surface area contributed by atoms with Crippen LogP contribution in [0.5, 0.6) is 0 Å². The molecular formula is C22H34BFN2O4. The molecule has 2 aliphatic rings. The Kier molecular flexibility index (Phi) is 6.13. The number of nitrogens with one attached hydrogen (secondary N) is 1. The van der Waals surface area contributed by atoms with Crippen LogP contribution in [0.1, 0.15) is 61.3 Å². The van der Waals surface area contributed by atoms with E-state index in [-0.39, 0.29) is 11.9 Å². The lowest BCUT2D eigenvalue weighted by Crippen LogP contribution is -2.49. The number of hydrogen-bond acceptors (Lipinski definition) is 5. The minimum absolute atomic E-state index is 0.0872. The maximum Gasteiger partial charge on any atom is 0.494 e. The maximum absolute atomic E-state index is 15.0. The van der Waals surface area contributed by atoms with Gasteiger partial charge in [0.1, 0.15) is 11.4 Å². The topological polar surface area (TPSA) is 60.0 Å². The van der Waals surface area contributed by atoms with Gasteiger partial charge in [-0.3, -0.25) is 0 Å². The molecule has 6 nitrogen and oxygen atoms in total. The van der Waals surface area contributed by atoms with Gasteiger partial charge in [-0.2, -0.15) is 0 Å². The van der Waals surface area contributed by atoms with Gasteiger partial charge in [0.2, 0.25) is 0 Å². The van der Waals surface area contributed by atoms with Gasteiger partial charge in [0.25, 0.3) is 0 Å². The number of carbonyl (C=O) groups excluding carboxylic acids is 1. The summed E-state index contributed by atoms with van der Waals surface area (Å²) in [4.78, 5) is 14.0. The van der Waals surface area contributed by atoms with Crippen molar-refractivity contribution in [2.75, 3.05) is 18.0 Å². The summed E-state index contributed by atoms with van der Waals surface area (Å²) >= 11 is 0. The molecule has 166 valence electrons. The van der Waals surface area contributed by atoms with E-state index in [0.29, 0.717) is 17.7 Å². The molecule has 1 aromatic rings. The van der Waals surface area contributed by atoms with Gasteiger partial charge in [-0.05, 0) is 78.9 Å². The van der Waals surface area contributed by atoms with E-state index in [1.54, 1.807) is 6.07 Å². The van der Waals surface area contributed by atoms with Gasteiger partial charge in [0.15, 0.2) is 0 Å². The van der Waals surface area contributed by atoms with Crippen molar-refractivity contribution in [1.29, 1.82) is 0 Å². The highest BCUT2D eigenvalue weighted by molar-refractivity contribution is 6.62. The molecule has 2 aliphatic heterocycles. The van der Waals surface area contributed by atoms with E-state index in [0.717, 1.165) is 19.4 Å². The first-order valence-corrected chi connectivity index (χ1v) is 10.7. The fourth-order valence-corrected chi connectivity index (χ4v) is 3.69. The first kappa shape index (κ1) is 22.9. The van der Waals surface area contributed by atoms with Crippen LogP contribution in [-0.4, -0.2) is 49.1 Å². The van der Waals surface area contributed by atoms with Crippen molar-refractivity contribution in [3.8, 4) is 0 Å². The number of rotatable bonds is 3. The summed E-state index contributed by atoms with van der Waals surface area (Å²) in [5.41, 5.74) is -0.310. The molecule has 1 atom stereocenters. The van der Waals surface area contributed by atoms with Gasteiger partial charge >= 0.3 is 13.2 Å². The van der Waals surface area contributed by atoms with E-state index in [9.17, 15) is 4.79 Å². The minimum atomic E-state index is -0.596. The zero-order valence-electron chi connectivity index (χ0n) is 19.2. The second kappa shape index (κ2) is 8.04. The van der Waals surface area contributed by atoms with E-state index in [4.69, 9.17) is 14.0 Å². The molecule has 0 saturated carbocycles. The summed E-state index contributed by atoms with van der Waals surface area (Å²) in [7, 11) is -0.596. The highest BCUT2D eigenvalue weighted by Gasteiger charge is 2.51. The van der Waals surface area contributed by atoms with Gasteiger partial charge < -0.3 is 24.3 Å². The Balaban J connectivity index is 1.67. The van der Waals surface area contributed by atoms with Gasteiger partial charge in [0.05, 0.1) is 16.9 Å². The SMILES string of the molecule is CC(C)(C)OC(=O)N[C@@H]1CCCN(c2ccc(B3OC(C)(C)C(C)(C)O3)cc2F)C1. The lowest BCUT2D eigenvalue weighted by atomic mass is 9.79. The minimum Gasteiger partial charge on any atom is -0.444 e. The fraction of sp³-hybridized carbons (Fsp3) is 0.682. The number of halogens is 1. The van der Waals surface area contributed by atoms with Crippen molar-refractivity contribution >= 4 is 24.4 Å². The highest BCUT2D eigenvalue weighted by Crippen LogP contribution is 2.36. The number of nitrogens with zero attached hydrogens (tertiary/aromatic N) is 1. The molecule has 2 fully saturated rings. The molecule has 1 amide bonds. The Morgan fingerprint density at radius 3 is 2.43 bits per heavy atom. The highest BCUT2D eigenvalue weighted by atomic mass is 19.1. The average molecular weight is 420 g/mol. The van der Waals surface area contributed by atoms with Gasteiger partial charge in [-0.25, -0.2) is 9.18 Å². The van der Waals surface area contributed by atoms with Crippen LogP contribution in [0.2, 0.25) is 0 Å². The fourth-order valence-electron chi connectivity index (χ4n) is 3.69. The summed E-state index contributed by atoms with van der Waals surface area (Å²) in [6.07, 6.45) is 1.26. The Hall–Kier alpha value is -1.80. The molecular weight excluding hydrogens is 386 g/mol. The second-order valence-corrected chi connectivity index (χ2v) is 10.2. The summed E-state index contributed by atoms with van der Waals surface area (Å²) in [5.74, 6) is -0.319. The number of hydrogen-bond donors (Lipinski definition) is 1. The Bertz CT molecular complexity index is 778. The molecule has 0 unspecified atom stereocenters. The number of ether oxygens (including phenoxy) is 1. The maximum atomic E-state index is 15.0. The molecule has 3 rings (SSSR count). The van der Waals surface area contributed by atoms with E-state index >= 15 is 4.39 Å². The number of alkyl carbamates (subject to hydrolysis) is 1. The van der Waals surface area contributed by atoms with Crippen LogP contribution in [0, 0.1) is 5.82 Å². The molecule has 0 aromatic heterocycles. The van der Waals surface area contributed by atoms with Gasteiger partial charge in [-0.15, -0.1) is 0 Å². The third-order valence-corrected chi connectivity index (χ3v) is 5.98. The third kappa shape index (κ3) is 5.09. The molecule has 0 radical (unpaired) electrons. The quantitative estimate of drug-likeness (QED) is 0.757. The molecule has 30 heavy (non-hydrogen) atoms. The number of carbonyl (C=O) groups is 1. The molecule has 2 saturated heterocycles. The van der Waals surface area contributed by atoms with Crippen molar-refractivity contribution in [3.63, 3.8) is 0 Å². The van der Waals surface area contributed by atoms with Crippen LogP contribution < -0.4 is 15.7 Å². The van der Waals surface area contributed by atoms with Crippen molar-refractivity contribution < 1.29 is 23.2 Å². The molecule has 0 spiro atoms. The first-order valence-electron chi connectivity index (χ1n) is 10.7. The number of piperidine rings is 1. The van der Waals surface area contributed by atoms with E-state index in [1.165, 1.54) is 6.07 Å². The number of benzene rings is 1. The van der Waals surface area contributed by atoms with Crippen LogP contribution in [0.15, 0.2) is 18.2 Å². The number of anilines is 1. The lowest BCUT2D eigenvalue weighted by molar-refractivity contribution is 0.00578. The van der Waals surface area contributed by atoms with Crippen LogP contribution in [0.25, 0.3) is 0 Å². The molecule has 1 aromatic carbocycles. The number of amides is 1. The Morgan fingerprint density at radius 2 is 1.87 bits per heavy atom. The molecule has 1 N–H and O–H groups in total. The van der Waals surface area contributed by atoms with Crippen molar-refractivity contribution in [3.05, 3.63) is 24.0 Å². The second-order valence-electron chi connectivity index (χ2n) is 10.2. The zero-order valence-corrected chi connectivity index (χ0v) is 19.2. The largest absolute Gasteiger partial charge is 0.494 e. The predicted molar refractivity (Wildman–Crippen MR) is 117 cm³/mol. The summed E-state index contributed by atoms with van der Waals surface area (Å²) in [6, 6.07) is 5.02. The molecule has 8 heteroatoms. The van der Waals surface area contributed by atoms with E-state index in [1.807, 2.05) is 59.4 Å². The average Bonchev–Trinajstić information content (AvgIpc) is 2.81. The predicted octanol–water partition coefficient (Wildman–Crippen LogP) is 3.62. The molecule has 0 bridgehead atoms. The smallest absolute Gasteiger partial charge is 0.444 e. The normalized spacial score (nSPS) is 23.4. The van der Waals surface area contributed by atoms with Crippen LogP contribution in [0.3, 0.4) is 0 Å². The van der Waals surface area contributed by atoms with Gasteiger partial charge in [-0.1, -0.05) is 6.07 Å². The molecule has 2 heterocycles.